The standard InChI is InChI=1S/C27H28N2O4/c1-28-20-13-7-5-11-18(20)17-22(28)27(33-3)25(29-15-9-4-10-16-29)23(26(27)31)24(30)19-12-6-8-14-21(19)32-2/h5-8,11-14,17H,4,9-10,15-16H2,1-3H3. The van der Waals surface area contributed by atoms with Crippen LogP contribution in [0, 0.1) is 0 Å². The molecule has 1 aliphatic heterocycles. The highest BCUT2D eigenvalue weighted by atomic mass is 16.5. The van der Waals surface area contributed by atoms with E-state index in [1.54, 1.807) is 25.3 Å². The molecule has 1 fully saturated rings. The van der Waals surface area contributed by atoms with Gasteiger partial charge in [0.2, 0.25) is 17.2 Å². The lowest BCUT2D eigenvalue weighted by atomic mass is 9.70. The molecule has 6 nitrogen and oxygen atoms in total. The number of fused-ring (bicyclic) bond motifs is 1. The van der Waals surface area contributed by atoms with Gasteiger partial charge in [-0.2, -0.15) is 0 Å². The van der Waals surface area contributed by atoms with Crippen molar-refractivity contribution >= 4 is 22.5 Å². The number of para-hydroxylation sites is 2. The Hall–Kier alpha value is -3.38. The van der Waals surface area contributed by atoms with E-state index < -0.39 is 5.60 Å². The molecular formula is C27H28N2O4. The molecule has 0 radical (unpaired) electrons. The Morgan fingerprint density at radius 1 is 0.970 bits per heavy atom. The highest BCUT2D eigenvalue weighted by Gasteiger charge is 2.61. The molecular weight excluding hydrogens is 416 g/mol. The van der Waals surface area contributed by atoms with Crippen LogP contribution in [0.15, 0.2) is 65.9 Å². The minimum Gasteiger partial charge on any atom is -0.496 e. The molecule has 0 amide bonds. The first-order valence-electron chi connectivity index (χ1n) is 11.4. The average Bonchev–Trinajstić information content (AvgIpc) is 3.20. The van der Waals surface area contributed by atoms with Gasteiger partial charge in [-0.05, 0) is 48.9 Å². The second-order valence-corrected chi connectivity index (χ2v) is 8.66. The summed E-state index contributed by atoms with van der Waals surface area (Å²) >= 11 is 0. The molecule has 5 rings (SSSR count). The SMILES string of the molecule is COc1ccccc1C(=O)C1=C(N2CCCCC2)C(OC)(c2cc3ccccc3n2C)C1=O. The summed E-state index contributed by atoms with van der Waals surface area (Å²) in [6.07, 6.45) is 3.17. The third-order valence-electron chi connectivity index (χ3n) is 6.99. The number of hydrogen-bond acceptors (Lipinski definition) is 5. The monoisotopic (exact) mass is 444 g/mol. The molecule has 1 atom stereocenters. The zero-order chi connectivity index (χ0) is 23.2. The molecule has 2 aromatic carbocycles. The largest absolute Gasteiger partial charge is 0.496 e. The van der Waals surface area contributed by atoms with Crippen LogP contribution in [-0.2, 0) is 22.2 Å². The highest BCUT2D eigenvalue weighted by Crippen LogP contribution is 2.50. The van der Waals surface area contributed by atoms with Crippen molar-refractivity contribution in [3.63, 3.8) is 0 Å². The summed E-state index contributed by atoms with van der Waals surface area (Å²) in [7, 11) is 5.03. The fourth-order valence-electron chi connectivity index (χ4n) is 5.34. The van der Waals surface area contributed by atoms with Crippen LogP contribution in [0.1, 0.15) is 35.3 Å². The lowest BCUT2D eigenvalue weighted by Crippen LogP contribution is -2.58. The molecule has 1 aliphatic carbocycles. The number of nitrogens with zero attached hydrogens (tertiary/aromatic N) is 2. The minimum absolute atomic E-state index is 0.202. The number of piperidine rings is 1. The number of carbonyl (C=O) groups excluding carboxylic acids is 2. The molecule has 2 aliphatic rings. The van der Waals surface area contributed by atoms with Crippen LogP contribution >= 0.6 is 0 Å². The van der Waals surface area contributed by atoms with Crippen molar-refractivity contribution in [2.24, 2.45) is 7.05 Å². The maximum atomic E-state index is 13.9. The number of ether oxygens (including phenoxy) is 2. The van der Waals surface area contributed by atoms with E-state index >= 15 is 0 Å². The Morgan fingerprint density at radius 3 is 2.36 bits per heavy atom. The zero-order valence-corrected chi connectivity index (χ0v) is 19.3. The topological polar surface area (TPSA) is 60.8 Å². The van der Waals surface area contributed by atoms with E-state index in [1.165, 1.54) is 7.11 Å². The molecule has 3 aromatic rings. The van der Waals surface area contributed by atoms with Crippen molar-refractivity contribution in [2.75, 3.05) is 27.3 Å². The molecule has 1 saturated heterocycles. The van der Waals surface area contributed by atoms with Crippen LogP contribution in [0.2, 0.25) is 0 Å². The van der Waals surface area contributed by atoms with Crippen LogP contribution in [-0.4, -0.2) is 48.3 Å². The Labute approximate surface area is 193 Å². The first-order valence-corrected chi connectivity index (χ1v) is 11.4. The number of methoxy groups -OCH3 is 2. The fourth-order valence-corrected chi connectivity index (χ4v) is 5.34. The summed E-state index contributed by atoms with van der Waals surface area (Å²) in [5, 5.41) is 1.03. The number of rotatable bonds is 6. The van der Waals surface area contributed by atoms with Gasteiger partial charge in [0.1, 0.15) is 5.75 Å². The summed E-state index contributed by atoms with van der Waals surface area (Å²) in [6.45, 7) is 1.58. The van der Waals surface area contributed by atoms with E-state index in [0.29, 0.717) is 17.0 Å². The molecule has 170 valence electrons. The zero-order valence-electron chi connectivity index (χ0n) is 19.3. The number of carbonyl (C=O) groups is 2. The molecule has 2 heterocycles. The highest BCUT2D eigenvalue weighted by molar-refractivity contribution is 6.34. The number of aromatic nitrogens is 1. The molecule has 0 saturated carbocycles. The van der Waals surface area contributed by atoms with Crippen molar-refractivity contribution in [1.82, 2.24) is 9.47 Å². The average molecular weight is 445 g/mol. The Morgan fingerprint density at radius 2 is 1.67 bits per heavy atom. The number of likely N-dealkylation sites (tertiary alicyclic amines) is 1. The lowest BCUT2D eigenvalue weighted by Gasteiger charge is -2.48. The smallest absolute Gasteiger partial charge is 0.212 e. The molecule has 33 heavy (non-hydrogen) atoms. The summed E-state index contributed by atoms with van der Waals surface area (Å²) in [4.78, 5) is 29.8. The maximum Gasteiger partial charge on any atom is 0.212 e. The third-order valence-corrected chi connectivity index (χ3v) is 6.99. The van der Waals surface area contributed by atoms with Crippen LogP contribution < -0.4 is 4.74 Å². The van der Waals surface area contributed by atoms with Gasteiger partial charge in [-0.25, -0.2) is 0 Å². The van der Waals surface area contributed by atoms with E-state index in [-0.39, 0.29) is 17.1 Å². The van der Waals surface area contributed by atoms with Crippen LogP contribution in [0.4, 0.5) is 0 Å². The van der Waals surface area contributed by atoms with Crippen LogP contribution in [0.5, 0.6) is 5.75 Å². The van der Waals surface area contributed by atoms with Gasteiger partial charge in [-0.15, -0.1) is 0 Å². The number of aryl methyl sites for hydroxylation is 1. The number of Topliss-reactive ketones (excluding diaryl/α,β-unsaturated/α-hetero) is 2. The van der Waals surface area contributed by atoms with Crippen molar-refractivity contribution in [1.29, 1.82) is 0 Å². The van der Waals surface area contributed by atoms with E-state index in [9.17, 15) is 9.59 Å². The molecule has 6 heteroatoms. The molecule has 1 unspecified atom stereocenters. The van der Waals surface area contributed by atoms with Gasteiger partial charge < -0.3 is 18.9 Å². The van der Waals surface area contributed by atoms with Gasteiger partial charge in [0.05, 0.1) is 29.6 Å². The van der Waals surface area contributed by atoms with Gasteiger partial charge in [-0.3, -0.25) is 9.59 Å². The Kier molecular flexibility index (Phi) is 5.33. The van der Waals surface area contributed by atoms with Gasteiger partial charge in [0.15, 0.2) is 0 Å². The summed E-state index contributed by atoms with van der Waals surface area (Å²) in [5.41, 5.74) is 1.72. The van der Waals surface area contributed by atoms with E-state index in [1.807, 2.05) is 48.0 Å². The number of hydrogen-bond donors (Lipinski definition) is 0. The summed E-state index contributed by atoms with van der Waals surface area (Å²) in [5.74, 6) is -0.155. The Balaban J connectivity index is 1.73. The van der Waals surface area contributed by atoms with Crippen molar-refractivity contribution in [3.8, 4) is 5.75 Å². The van der Waals surface area contributed by atoms with E-state index in [0.717, 1.165) is 48.9 Å². The third kappa shape index (κ3) is 3.04. The minimum atomic E-state index is -1.31. The van der Waals surface area contributed by atoms with Gasteiger partial charge in [0, 0.05) is 32.8 Å². The first-order chi connectivity index (χ1) is 16.0. The number of ketones is 2. The predicted octanol–water partition coefficient (Wildman–Crippen LogP) is 4.23. The van der Waals surface area contributed by atoms with Gasteiger partial charge in [-0.1, -0.05) is 30.3 Å². The predicted molar refractivity (Wildman–Crippen MR) is 126 cm³/mol. The van der Waals surface area contributed by atoms with E-state index in [2.05, 4.69) is 4.90 Å². The lowest BCUT2D eigenvalue weighted by molar-refractivity contribution is -0.142. The normalized spacial score (nSPS) is 20.8. The van der Waals surface area contributed by atoms with Crippen molar-refractivity contribution in [2.45, 2.75) is 24.9 Å². The first kappa shape index (κ1) is 21.5. The molecule has 0 N–H and O–H groups in total. The quantitative estimate of drug-likeness (QED) is 0.421. The molecule has 1 aromatic heterocycles. The fraction of sp³-hybridized carbons (Fsp3) is 0.333. The van der Waals surface area contributed by atoms with Crippen LogP contribution in [0.3, 0.4) is 0 Å². The van der Waals surface area contributed by atoms with Gasteiger partial charge in [0.25, 0.3) is 0 Å². The van der Waals surface area contributed by atoms with Crippen LogP contribution in [0.25, 0.3) is 10.9 Å². The maximum absolute atomic E-state index is 13.9. The van der Waals surface area contributed by atoms with Crippen molar-refractivity contribution in [3.05, 3.63) is 77.1 Å². The van der Waals surface area contributed by atoms with Crippen molar-refractivity contribution < 1.29 is 19.1 Å². The summed E-state index contributed by atoms with van der Waals surface area (Å²) in [6, 6.07) is 17.1. The number of benzene rings is 2. The second-order valence-electron chi connectivity index (χ2n) is 8.66. The molecule has 0 spiro atoms. The molecule has 0 bridgehead atoms. The van der Waals surface area contributed by atoms with Gasteiger partial charge >= 0.3 is 0 Å². The van der Waals surface area contributed by atoms with E-state index in [4.69, 9.17) is 9.47 Å². The Bertz CT molecular complexity index is 1280. The summed E-state index contributed by atoms with van der Waals surface area (Å²) < 4.78 is 13.5. The second kappa shape index (κ2) is 8.19.